The number of carbonyl (C=O) groups excluding carboxylic acids is 1. The van der Waals surface area contributed by atoms with Crippen molar-refractivity contribution in [2.24, 2.45) is 0 Å². The van der Waals surface area contributed by atoms with Crippen LogP contribution in [-0.2, 0) is 9.47 Å². The van der Waals surface area contributed by atoms with Crippen LogP contribution < -0.4 is 0 Å². The topological polar surface area (TPSA) is 89.6 Å². The number of carbonyl (C=O) groups is 1. The maximum absolute atomic E-state index is 12.1. The predicted octanol–water partition coefficient (Wildman–Crippen LogP) is 0.496. The van der Waals surface area contributed by atoms with Gasteiger partial charge in [-0.1, -0.05) is 0 Å². The van der Waals surface area contributed by atoms with Gasteiger partial charge in [-0.05, 0) is 0 Å². The van der Waals surface area contributed by atoms with Crippen LogP contribution >= 0.6 is 0 Å². The Morgan fingerprint density at radius 1 is 1.06 bits per heavy atom. The van der Waals surface area contributed by atoms with Gasteiger partial charge in [0.15, 0.2) is 12.5 Å². The molecule has 0 saturated carbocycles. The van der Waals surface area contributed by atoms with Crippen LogP contribution in [0.1, 0.15) is 12.8 Å². The Morgan fingerprint density at radius 3 is 1.72 bits per heavy atom. The Bertz CT molecular complexity index is 339. The van der Waals surface area contributed by atoms with Gasteiger partial charge in [0.05, 0.1) is 25.0 Å². The molecule has 0 aromatic heterocycles. The molecule has 7 nitrogen and oxygen atoms in total. The van der Waals surface area contributed by atoms with Gasteiger partial charge < -0.3 is 9.47 Å². The quantitative estimate of drug-likeness (QED) is 0.686. The molecule has 1 rings (SSSR count). The van der Waals surface area contributed by atoms with Gasteiger partial charge in [-0.15, -0.1) is 0 Å². The molecule has 2 atom stereocenters. The molecule has 1 fully saturated rings. The van der Waals surface area contributed by atoms with E-state index in [9.17, 15) is 4.79 Å². The van der Waals surface area contributed by atoms with Crippen LogP contribution in [-0.4, -0.2) is 55.6 Å². The van der Waals surface area contributed by atoms with Crippen LogP contribution in [0.15, 0.2) is 0 Å². The number of urea groups is 1. The molecule has 0 aromatic carbocycles. The van der Waals surface area contributed by atoms with Crippen molar-refractivity contribution in [3.8, 4) is 12.1 Å². The van der Waals surface area contributed by atoms with E-state index in [1.807, 2.05) is 12.1 Å². The number of ether oxygens (including phenoxy) is 2. The first-order valence-corrected chi connectivity index (χ1v) is 5.58. The molecular formula is C11H16N4O3. The van der Waals surface area contributed by atoms with Gasteiger partial charge in [-0.3, -0.25) is 9.80 Å². The van der Waals surface area contributed by atoms with Crippen LogP contribution in [0.4, 0.5) is 4.79 Å². The Hall–Kier alpha value is -1.83. The molecule has 0 spiro atoms. The smallest absolute Gasteiger partial charge is 0.324 e. The lowest BCUT2D eigenvalue weighted by molar-refractivity contribution is -0.106. The van der Waals surface area contributed by atoms with Crippen molar-refractivity contribution in [2.75, 3.05) is 27.3 Å². The fourth-order valence-corrected chi connectivity index (χ4v) is 1.96. The van der Waals surface area contributed by atoms with Crippen LogP contribution in [0.3, 0.4) is 0 Å². The normalized spacial score (nSPS) is 23.0. The fourth-order valence-electron chi connectivity index (χ4n) is 1.96. The van der Waals surface area contributed by atoms with E-state index in [-0.39, 0.29) is 32.0 Å². The van der Waals surface area contributed by atoms with Gasteiger partial charge in [-0.2, -0.15) is 10.5 Å². The number of rotatable bonds is 6. The summed E-state index contributed by atoms with van der Waals surface area (Å²) in [6, 6.07) is 3.71. The number of nitriles is 2. The number of hydrogen-bond acceptors (Lipinski definition) is 5. The Labute approximate surface area is 106 Å². The van der Waals surface area contributed by atoms with Crippen LogP contribution in [0.2, 0.25) is 0 Å². The van der Waals surface area contributed by atoms with E-state index in [0.717, 1.165) is 0 Å². The summed E-state index contributed by atoms with van der Waals surface area (Å²) in [7, 11) is 2.97. The first-order chi connectivity index (χ1) is 8.71. The van der Waals surface area contributed by atoms with E-state index in [2.05, 4.69) is 0 Å². The minimum absolute atomic E-state index is 0.230. The molecule has 1 aliphatic heterocycles. The van der Waals surface area contributed by atoms with Gasteiger partial charge in [0.25, 0.3) is 0 Å². The molecule has 0 aromatic rings. The Balaban J connectivity index is 2.83. The molecule has 7 heteroatoms. The minimum atomic E-state index is -0.547. The van der Waals surface area contributed by atoms with E-state index in [1.165, 1.54) is 24.0 Å². The van der Waals surface area contributed by atoms with E-state index in [0.29, 0.717) is 0 Å². The van der Waals surface area contributed by atoms with E-state index in [4.69, 9.17) is 20.0 Å². The van der Waals surface area contributed by atoms with Crippen molar-refractivity contribution < 1.29 is 14.3 Å². The molecule has 98 valence electrons. The fraction of sp³-hybridized carbons (Fsp3) is 0.727. The van der Waals surface area contributed by atoms with Crippen LogP contribution in [0.25, 0.3) is 0 Å². The summed E-state index contributed by atoms with van der Waals surface area (Å²) in [6.45, 7) is 0.577. The highest BCUT2D eigenvalue weighted by Gasteiger charge is 2.45. The molecule has 1 heterocycles. The van der Waals surface area contributed by atoms with Gasteiger partial charge in [0.2, 0.25) is 0 Å². The Kier molecular flexibility index (Phi) is 5.37. The SMILES string of the molecule is COC1C(OC)N(CCC#N)C(=O)N1CCC#N. The summed E-state index contributed by atoms with van der Waals surface area (Å²) >= 11 is 0. The van der Waals surface area contributed by atoms with E-state index >= 15 is 0 Å². The van der Waals surface area contributed by atoms with Gasteiger partial charge in [0.1, 0.15) is 0 Å². The molecule has 0 bridgehead atoms. The molecule has 0 aliphatic carbocycles. The molecule has 2 unspecified atom stereocenters. The summed E-state index contributed by atoms with van der Waals surface area (Å²) in [5, 5.41) is 17.2. The lowest BCUT2D eigenvalue weighted by Crippen LogP contribution is -2.40. The molecule has 2 amide bonds. The molecular weight excluding hydrogens is 236 g/mol. The van der Waals surface area contributed by atoms with Crippen molar-refractivity contribution in [2.45, 2.75) is 25.3 Å². The zero-order valence-corrected chi connectivity index (χ0v) is 10.5. The molecule has 0 radical (unpaired) electrons. The highest BCUT2D eigenvalue weighted by atomic mass is 16.6. The maximum Gasteiger partial charge on any atom is 0.324 e. The molecule has 18 heavy (non-hydrogen) atoms. The standard InChI is InChI=1S/C11H16N4O3/c1-17-9-10(18-2)15(8-4-6-13)11(16)14(9)7-3-5-12/h9-10H,3-4,7-8H2,1-2H3. The maximum atomic E-state index is 12.1. The largest absolute Gasteiger partial charge is 0.357 e. The third-order valence-electron chi connectivity index (χ3n) is 2.76. The summed E-state index contributed by atoms with van der Waals surface area (Å²) in [5.74, 6) is 0. The van der Waals surface area contributed by atoms with Crippen molar-refractivity contribution in [1.82, 2.24) is 9.80 Å². The van der Waals surface area contributed by atoms with Gasteiger partial charge >= 0.3 is 6.03 Å². The molecule has 1 aliphatic rings. The lowest BCUT2D eigenvalue weighted by Gasteiger charge is -2.24. The second-order valence-corrected chi connectivity index (χ2v) is 3.74. The van der Waals surface area contributed by atoms with Gasteiger partial charge in [-0.25, -0.2) is 4.79 Å². The number of methoxy groups -OCH3 is 2. The second kappa shape index (κ2) is 6.80. The van der Waals surface area contributed by atoms with Crippen molar-refractivity contribution >= 4 is 6.03 Å². The first kappa shape index (κ1) is 14.2. The minimum Gasteiger partial charge on any atom is -0.357 e. The van der Waals surface area contributed by atoms with Gasteiger partial charge in [0, 0.05) is 27.3 Å². The lowest BCUT2D eigenvalue weighted by atomic mass is 10.4. The zero-order chi connectivity index (χ0) is 13.5. The average molecular weight is 252 g/mol. The van der Waals surface area contributed by atoms with Crippen molar-refractivity contribution in [1.29, 1.82) is 10.5 Å². The van der Waals surface area contributed by atoms with Crippen LogP contribution in [0.5, 0.6) is 0 Å². The highest BCUT2D eigenvalue weighted by Crippen LogP contribution is 2.24. The second-order valence-electron chi connectivity index (χ2n) is 3.74. The summed E-state index contributed by atoms with van der Waals surface area (Å²) < 4.78 is 10.5. The third kappa shape index (κ3) is 2.70. The summed E-state index contributed by atoms with van der Waals surface area (Å²) in [6.07, 6.45) is -0.633. The first-order valence-electron chi connectivity index (χ1n) is 5.58. The van der Waals surface area contributed by atoms with E-state index < -0.39 is 12.5 Å². The predicted molar refractivity (Wildman–Crippen MR) is 60.9 cm³/mol. The van der Waals surface area contributed by atoms with Crippen molar-refractivity contribution in [3.63, 3.8) is 0 Å². The zero-order valence-electron chi connectivity index (χ0n) is 10.5. The highest BCUT2D eigenvalue weighted by molar-refractivity contribution is 5.77. The third-order valence-corrected chi connectivity index (χ3v) is 2.76. The molecule has 0 N–H and O–H groups in total. The number of nitrogens with zero attached hydrogens (tertiary/aromatic N) is 4. The molecule has 1 saturated heterocycles. The summed E-state index contributed by atoms with van der Waals surface area (Å²) in [4.78, 5) is 15.0. The van der Waals surface area contributed by atoms with Crippen molar-refractivity contribution in [3.05, 3.63) is 0 Å². The number of amides is 2. The van der Waals surface area contributed by atoms with E-state index in [1.54, 1.807) is 0 Å². The average Bonchev–Trinajstić information content (AvgIpc) is 2.65. The number of hydrogen-bond donors (Lipinski definition) is 0. The van der Waals surface area contributed by atoms with Crippen LogP contribution in [0, 0.1) is 22.7 Å². The summed E-state index contributed by atoms with van der Waals surface area (Å²) in [5.41, 5.74) is 0. The Morgan fingerprint density at radius 2 is 1.44 bits per heavy atom. The monoisotopic (exact) mass is 252 g/mol.